The molecule has 1 amide bonds. The summed E-state index contributed by atoms with van der Waals surface area (Å²) in [5.74, 6) is -1.20. The first-order valence-electron chi connectivity index (χ1n) is 5.36. The summed E-state index contributed by atoms with van der Waals surface area (Å²) in [4.78, 5) is 12.0. The number of nitrogens with one attached hydrogen (secondary N) is 1. The van der Waals surface area contributed by atoms with E-state index in [1.807, 2.05) is 0 Å². The lowest BCUT2D eigenvalue weighted by Gasteiger charge is -2.10. The molecule has 0 unspecified atom stereocenters. The predicted octanol–water partition coefficient (Wildman–Crippen LogP) is 4.31. The molecule has 0 radical (unpaired) electrons. The lowest BCUT2D eigenvalue weighted by Crippen LogP contribution is -2.12. The molecular formula is C13H8Cl3NO3. The van der Waals surface area contributed by atoms with Gasteiger partial charge in [-0.25, -0.2) is 0 Å². The van der Waals surface area contributed by atoms with Crippen molar-refractivity contribution in [2.24, 2.45) is 0 Å². The van der Waals surface area contributed by atoms with E-state index >= 15 is 0 Å². The lowest BCUT2D eigenvalue weighted by molar-refractivity contribution is 0.102. The Morgan fingerprint density at radius 2 is 1.70 bits per heavy atom. The molecule has 3 N–H and O–H groups in total. The van der Waals surface area contributed by atoms with Gasteiger partial charge in [-0.15, -0.1) is 0 Å². The molecule has 0 atom stereocenters. The van der Waals surface area contributed by atoms with Gasteiger partial charge in [-0.05, 0) is 30.3 Å². The molecule has 2 aromatic carbocycles. The highest BCUT2D eigenvalue weighted by Crippen LogP contribution is 2.35. The Kier molecular flexibility index (Phi) is 4.28. The van der Waals surface area contributed by atoms with Gasteiger partial charge in [0.2, 0.25) is 0 Å². The van der Waals surface area contributed by atoms with Crippen molar-refractivity contribution in [3.05, 3.63) is 51.0 Å². The summed E-state index contributed by atoms with van der Waals surface area (Å²) in [5, 5.41) is 22.3. The average molecular weight is 333 g/mol. The van der Waals surface area contributed by atoms with E-state index in [2.05, 4.69) is 5.32 Å². The molecule has 0 aromatic heterocycles. The van der Waals surface area contributed by atoms with Crippen LogP contribution in [0.25, 0.3) is 0 Å². The van der Waals surface area contributed by atoms with E-state index in [-0.39, 0.29) is 32.8 Å². The second kappa shape index (κ2) is 5.79. The Hall–Kier alpha value is -1.62. The summed E-state index contributed by atoms with van der Waals surface area (Å²) >= 11 is 17.3. The fraction of sp³-hybridized carbons (Fsp3) is 0. The molecule has 2 rings (SSSR count). The summed E-state index contributed by atoms with van der Waals surface area (Å²) in [6.45, 7) is 0. The first-order chi connectivity index (χ1) is 9.38. The number of carbonyl (C=O) groups is 1. The third-order valence-corrected chi connectivity index (χ3v) is 3.22. The number of anilines is 1. The Labute approximate surface area is 129 Å². The van der Waals surface area contributed by atoms with Crippen LogP contribution in [0.3, 0.4) is 0 Å². The van der Waals surface area contributed by atoms with Gasteiger partial charge in [-0.3, -0.25) is 4.79 Å². The van der Waals surface area contributed by atoms with Gasteiger partial charge >= 0.3 is 0 Å². The molecule has 0 bridgehead atoms. The third-order valence-electron chi connectivity index (χ3n) is 2.48. The first kappa shape index (κ1) is 14.8. The number of phenolic OH excluding ortho intramolecular Hbond substituents is 2. The predicted molar refractivity (Wildman–Crippen MR) is 79.2 cm³/mol. The number of benzene rings is 2. The maximum atomic E-state index is 12.0. The van der Waals surface area contributed by atoms with Gasteiger partial charge in [0.1, 0.15) is 5.75 Å². The van der Waals surface area contributed by atoms with Crippen molar-refractivity contribution < 1.29 is 15.0 Å². The maximum Gasteiger partial charge on any atom is 0.259 e. The smallest absolute Gasteiger partial charge is 0.259 e. The number of phenols is 2. The second-order valence-electron chi connectivity index (χ2n) is 3.90. The van der Waals surface area contributed by atoms with Crippen molar-refractivity contribution in [3.63, 3.8) is 0 Å². The molecule has 0 saturated carbocycles. The van der Waals surface area contributed by atoms with Crippen molar-refractivity contribution in [2.45, 2.75) is 0 Å². The Balaban J connectivity index is 2.35. The molecule has 20 heavy (non-hydrogen) atoms. The maximum absolute atomic E-state index is 12.0. The van der Waals surface area contributed by atoms with Crippen LogP contribution in [0.4, 0.5) is 5.69 Å². The van der Waals surface area contributed by atoms with Gasteiger partial charge in [0.15, 0.2) is 5.75 Å². The van der Waals surface area contributed by atoms with Gasteiger partial charge in [-0.1, -0.05) is 34.8 Å². The molecule has 0 heterocycles. The fourth-order valence-electron chi connectivity index (χ4n) is 1.54. The molecule has 0 aliphatic heterocycles. The topological polar surface area (TPSA) is 69.6 Å². The summed E-state index contributed by atoms with van der Waals surface area (Å²) in [5.41, 5.74) is -0.000117. The van der Waals surface area contributed by atoms with Crippen LogP contribution in [-0.2, 0) is 0 Å². The standard InChI is InChI=1S/C13H8Cl3NO3/c14-6-1-2-11(18)8(3-6)13(20)17-10-5-7(15)4-9(16)12(10)19/h1-5,18-19H,(H,17,20). The molecule has 0 fully saturated rings. The molecule has 0 aliphatic carbocycles. The molecule has 2 aromatic rings. The Morgan fingerprint density at radius 1 is 1.00 bits per heavy atom. The van der Waals surface area contributed by atoms with E-state index in [9.17, 15) is 15.0 Å². The van der Waals surface area contributed by atoms with Crippen molar-refractivity contribution in [1.29, 1.82) is 0 Å². The van der Waals surface area contributed by atoms with Crippen LogP contribution in [-0.4, -0.2) is 16.1 Å². The summed E-state index contributed by atoms with van der Waals surface area (Å²) < 4.78 is 0. The highest BCUT2D eigenvalue weighted by atomic mass is 35.5. The van der Waals surface area contributed by atoms with Gasteiger partial charge in [0, 0.05) is 10.0 Å². The van der Waals surface area contributed by atoms with Crippen molar-refractivity contribution in [1.82, 2.24) is 0 Å². The first-order valence-corrected chi connectivity index (χ1v) is 6.49. The number of carbonyl (C=O) groups excluding carboxylic acids is 1. The van der Waals surface area contributed by atoms with Crippen LogP contribution in [0.1, 0.15) is 10.4 Å². The normalized spacial score (nSPS) is 10.3. The molecule has 0 spiro atoms. The van der Waals surface area contributed by atoms with Gasteiger partial charge < -0.3 is 15.5 Å². The van der Waals surface area contributed by atoms with E-state index in [0.717, 1.165) is 0 Å². The van der Waals surface area contributed by atoms with Crippen LogP contribution < -0.4 is 5.32 Å². The molecule has 4 nitrogen and oxygen atoms in total. The van der Waals surface area contributed by atoms with Crippen LogP contribution in [0, 0.1) is 0 Å². The van der Waals surface area contributed by atoms with E-state index < -0.39 is 5.91 Å². The largest absolute Gasteiger partial charge is 0.507 e. The van der Waals surface area contributed by atoms with Gasteiger partial charge in [-0.2, -0.15) is 0 Å². The quantitative estimate of drug-likeness (QED) is 0.718. The minimum absolute atomic E-state index is 0.00289. The van der Waals surface area contributed by atoms with E-state index in [4.69, 9.17) is 34.8 Å². The number of hydrogen-bond donors (Lipinski definition) is 3. The fourth-order valence-corrected chi connectivity index (χ4v) is 2.21. The zero-order valence-electron chi connectivity index (χ0n) is 9.82. The van der Waals surface area contributed by atoms with Crippen LogP contribution in [0.2, 0.25) is 15.1 Å². The highest BCUT2D eigenvalue weighted by Gasteiger charge is 2.15. The third kappa shape index (κ3) is 3.10. The number of hydrogen-bond acceptors (Lipinski definition) is 3. The van der Waals surface area contributed by atoms with Crippen LogP contribution in [0.15, 0.2) is 30.3 Å². The van der Waals surface area contributed by atoms with Gasteiger partial charge in [0.05, 0.1) is 16.3 Å². The summed E-state index contributed by atoms with van der Waals surface area (Å²) in [6.07, 6.45) is 0. The minimum Gasteiger partial charge on any atom is -0.507 e. The molecule has 0 aliphatic rings. The lowest BCUT2D eigenvalue weighted by atomic mass is 10.2. The molecular weight excluding hydrogens is 325 g/mol. The Morgan fingerprint density at radius 3 is 2.40 bits per heavy atom. The highest BCUT2D eigenvalue weighted by molar-refractivity contribution is 6.36. The van der Waals surface area contributed by atoms with Crippen molar-refractivity contribution >= 4 is 46.4 Å². The molecule has 0 saturated heterocycles. The Bertz CT molecular complexity index is 689. The van der Waals surface area contributed by atoms with E-state index in [1.165, 1.54) is 30.3 Å². The molecule has 104 valence electrons. The van der Waals surface area contributed by atoms with Gasteiger partial charge in [0.25, 0.3) is 5.91 Å². The van der Waals surface area contributed by atoms with E-state index in [0.29, 0.717) is 5.02 Å². The van der Waals surface area contributed by atoms with Crippen LogP contribution >= 0.6 is 34.8 Å². The number of amides is 1. The van der Waals surface area contributed by atoms with Crippen LogP contribution in [0.5, 0.6) is 11.5 Å². The second-order valence-corrected chi connectivity index (χ2v) is 5.18. The monoisotopic (exact) mass is 331 g/mol. The van der Waals surface area contributed by atoms with Crippen molar-refractivity contribution in [3.8, 4) is 11.5 Å². The van der Waals surface area contributed by atoms with E-state index in [1.54, 1.807) is 0 Å². The summed E-state index contributed by atoms with van der Waals surface area (Å²) in [6, 6.07) is 6.71. The zero-order valence-corrected chi connectivity index (χ0v) is 12.1. The zero-order chi connectivity index (χ0) is 14.9. The SMILES string of the molecule is O=C(Nc1cc(Cl)cc(Cl)c1O)c1cc(Cl)ccc1O. The summed E-state index contributed by atoms with van der Waals surface area (Å²) in [7, 11) is 0. The number of aromatic hydroxyl groups is 2. The molecule has 7 heteroatoms. The number of halogens is 3. The minimum atomic E-state index is -0.654. The van der Waals surface area contributed by atoms with Crippen molar-refractivity contribution in [2.75, 3.05) is 5.32 Å². The number of rotatable bonds is 2. The average Bonchev–Trinajstić information content (AvgIpc) is 2.38.